The van der Waals surface area contributed by atoms with Gasteiger partial charge in [0.05, 0.1) is 0 Å². The molecule has 0 radical (unpaired) electrons. The lowest BCUT2D eigenvalue weighted by Crippen LogP contribution is -2.47. The second kappa shape index (κ2) is 3.78. The van der Waals surface area contributed by atoms with Crippen LogP contribution in [-0.2, 0) is 0 Å². The van der Waals surface area contributed by atoms with Crippen LogP contribution in [0.15, 0.2) is 4.99 Å². The van der Waals surface area contributed by atoms with E-state index in [4.69, 9.17) is 5.73 Å². The summed E-state index contributed by atoms with van der Waals surface area (Å²) in [5.41, 5.74) is 5.76. The molecule has 3 heteroatoms. The average molecular weight is 169 g/mol. The highest BCUT2D eigenvalue weighted by Crippen LogP contribution is 2.21. The first-order valence-electron chi connectivity index (χ1n) is 4.64. The summed E-state index contributed by atoms with van der Waals surface area (Å²) in [5.74, 6) is 1.52. The number of aliphatic imine (C=N–C) groups is 1. The summed E-state index contributed by atoms with van der Waals surface area (Å²) in [6.07, 6.45) is 2.47. The van der Waals surface area contributed by atoms with Crippen molar-refractivity contribution in [2.75, 3.05) is 13.6 Å². The van der Waals surface area contributed by atoms with Crippen molar-refractivity contribution in [1.82, 2.24) is 4.90 Å². The number of likely N-dealkylation sites (tertiary alicyclic amines) is 1. The monoisotopic (exact) mass is 169 g/mol. The van der Waals surface area contributed by atoms with Crippen LogP contribution in [0, 0.1) is 5.92 Å². The van der Waals surface area contributed by atoms with Crippen LogP contribution >= 0.6 is 0 Å². The molecule has 0 bridgehead atoms. The Bertz CT molecular complexity index is 177. The lowest BCUT2D eigenvalue weighted by Gasteiger charge is -2.37. The Kier molecular flexibility index (Phi) is 2.95. The Hall–Kier alpha value is -0.730. The highest BCUT2D eigenvalue weighted by atomic mass is 15.3. The Balaban J connectivity index is 2.56. The van der Waals surface area contributed by atoms with Gasteiger partial charge >= 0.3 is 0 Å². The maximum atomic E-state index is 5.76. The number of piperidine rings is 1. The van der Waals surface area contributed by atoms with E-state index in [2.05, 4.69) is 23.7 Å². The van der Waals surface area contributed by atoms with E-state index in [0.29, 0.717) is 12.0 Å². The van der Waals surface area contributed by atoms with Crippen LogP contribution in [0.25, 0.3) is 0 Å². The molecular formula is C9H19N3. The smallest absolute Gasteiger partial charge is 0.191 e. The third-order valence-corrected chi connectivity index (χ3v) is 2.66. The largest absolute Gasteiger partial charge is 0.370 e. The quantitative estimate of drug-likeness (QED) is 0.435. The van der Waals surface area contributed by atoms with Gasteiger partial charge in [-0.3, -0.25) is 4.99 Å². The van der Waals surface area contributed by atoms with Crippen LogP contribution in [0.5, 0.6) is 0 Å². The van der Waals surface area contributed by atoms with E-state index in [1.807, 2.05) is 0 Å². The van der Waals surface area contributed by atoms with E-state index < -0.39 is 0 Å². The molecule has 1 saturated heterocycles. The van der Waals surface area contributed by atoms with Gasteiger partial charge in [0.1, 0.15) is 0 Å². The van der Waals surface area contributed by atoms with E-state index in [1.165, 1.54) is 12.8 Å². The van der Waals surface area contributed by atoms with Crippen molar-refractivity contribution in [2.45, 2.75) is 32.7 Å². The summed E-state index contributed by atoms with van der Waals surface area (Å²) in [6, 6.07) is 0.553. The lowest BCUT2D eigenvalue weighted by molar-refractivity contribution is 0.207. The van der Waals surface area contributed by atoms with E-state index in [-0.39, 0.29) is 0 Å². The van der Waals surface area contributed by atoms with E-state index in [1.54, 1.807) is 7.05 Å². The number of nitrogens with zero attached hydrogens (tertiary/aromatic N) is 2. The van der Waals surface area contributed by atoms with Gasteiger partial charge in [0.25, 0.3) is 0 Å². The topological polar surface area (TPSA) is 41.6 Å². The van der Waals surface area contributed by atoms with Gasteiger partial charge in [0, 0.05) is 19.6 Å². The van der Waals surface area contributed by atoms with Gasteiger partial charge in [-0.05, 0) is 25.7 Å². The van der Waals surface area contributed by atoms with Crippen LogP contribution in [0.2, 0.25) is 0 Å². The van der Waals surface area contributed by atoms with E-state index in [0.717, 1.165) is 12.5 Å². The van der Waals surface area contributed by atoms with Crippen LogP contribution in [0.3, 0.4) is 0 Å². The maximum absolute atomic E-state index is 5.76. The molecule has 1 fully saturated rings. The zero-order chi connectivity index (χ0) is 9.14. The first-order valence-corrected chi connectivity index (χ1v) is 4.64. The highest BCUT2D eigenvalue weighted by molar-refractivity contribution is 5.78. The molecule has 12 heavy (non-hydrogen) atoms. The normalized spacial score (nSPS) is 32.2. The van der Waals surface area contributed by atoms with Crippen LogP contribution in [-0.4, -0.2) is 30.5 Å². The summed E-state index contributed by atoms with van der Waals surface area (Å²) in [7, 11) is 1.75. The first-order chi connectivity index (χ1) is 5.65. The van der Waals surface area contributed by atoms with Crippen molar-refractivity contribution < 1.29 is 0 Å². The van der Waals surface area contributed by atoms with Gasteiger partial charge < -0.3 is 10.6 Å². The standard InChI is InChI=1S/C9H19N3/c1-7-4-5-12(8(2)6-7)9(10)11-3/h7-8H,4-6H2,1-3H3,(H2,10,11). The van der Waals surface area contributed by atoms with Crippen LogP contribution < -0.4 is 5.73 Å². The van der Waals surface area contributed by atoms with Crippen molar-refractivity contribution in [3.63, 3.8) is 0 Å². The second-order valence-electron chi connectivity index (χ2n) is 3.75. The molecule has 1 aliphatic rings. The zero-order valence-electron chi connectivity index (χ0n) is 8.25. The van der Waals surface area contributed by atoms with Crippen molar-refractivity contribution in [2.24, 2.45) is 16.6 Å². The number of guanidine groups is 1. The third-order valence-electron chi connectivity index (χ3n) is 2.66. The molecule has 1 heterocycles. The molecule has 1 rings (SSSR count). The average Bonchev–Trinajstić information content (AvgIpc) is 2.03. The summed E-state index contributed by atoms with van der Waals surface area (Å²) < 4.78 is 0. The molecule has 1 aliphatic heterocycles. The molecule has 2 unspecified atom stereocenters. The van der Waals surface area contributed by atoms with E-state index in [9.17, 15) is 0 Å². The molecule has 3 nitrogen and oxygen atoms in total. The van der Waals surface area contributed by atoms with Gasteiger partial charge in [-0.2, -0.15) is 0 Å². The predicted molar refractivity (Wildman–Crippen MR) is 52.1 cm³/mol. The number of rotatable bonds is 0. The van der Waals surface area contributed by atoms with E-state index >= 15 is 0 Å². The molecule has 2 N–H and O–H groups in total. The number of nitrogens with two attached hydrogens (primary N) is 1. The lowest BCUT2D eigenvalue weighted by atomic mass is 9.94. The fourth-order valence-electron chi connectivity index (χ4n) is 1.88. The fraction of sp³-hybridized carbons (Fsp3) is 0.889. The highest BCUT2D eigenvalue weighted by Gasteiger charge is 2.23. The molecule has 0 amide bonds. The molecule has 2 atom stereocenters. The number of hydrogen-bond donors (Lipinski definition) is 1. The van der Waals surface area contributed by atoms with Crippen LogP contribution in [0.4, 0.5) is 0 Å². The Morgan fingerprint density at radius 1 is 1.50 bits per heavy atom. The van der Waals surface area contributed by atoms with Crippen molar-refractivity contribution in [3.8, 4) is 0 Å². The second-order valence-corrected chi connectivity index (χ2v) is 3.75. The molecule has 70 valence electrons. The van der Waals surface area contributed by atoms with Gasteiger partial charge in [-0.1, -0.05) is 6.92 Å². The van der Waals surface area contributed by atoms with Crippen molar-refractivity contribution in [1.29, 1.82) is 0 Å². The zero-order valence-corrected chi connectivity index (χ0v) is 8.25. The first kappa shape index (κ1) is 9.36. The molecule has 0 aromatic carbocycles. The summed E-state index contributed by atoms with van der Waals surface area (Å²) in [4.78, 5) is 6.20. The molecule has 0 saturated carbocycles. The Labute approximate surface area is 74.6 Å². The minimum Gasteiger partial charge on any atom is -0.370 e. The predicted octanol–water partition coefficient (Wildman–Crippen LogP) is 1.05. The van der Waals surface area contributed by atoms with Gasteiger partial charge in [0.2, 0.25) is 0 Å². The molecule has 0 spiro atoms. The molecule has 0 aromatic heterocycles. The van der Waals surface area contributed by atoms with Gasteiger partial charge in [-0.25, -0.2) is 0 Å². The SMILES string of the molecule is CN=C(N)N1CCC(C)CC1C. The third kappa shape index (κ3) is 1.90. The summed E-state index contributed by atoms with van der Waals surface area (Å²) in [6.45, 7) is 5.58. The summed E-state index contributed by atoms with van der Waals surface area (Å²) >= 11 is 0. The maximum Gasteiger partial charge on any atom is 0.191 e. The van der Waals surface area contributed by atoms with Gasteiger partial charge in [-0.15, -0.1) is 0 Å². The molecular weight excluding hydrogens is 150 g/mol. The molecule has 0 aliphatic carbocycles. The fourth-order valence-corrected chi connectivity index (χ4v) is 1.88. The van der Waals surface area contributed by atoms with Crippen molar-refractivity contribution in [3.05, 3.63) is 0 Å². The number of hydrogen-bond acceptors (Lipinski definition) is 1. The minimum absolute atomic E-state index is 0.553. The van der Waals surface area contributed by atoms with Crippen molar-refractivity contribution >= 4 is 5.96 Å². The van der Waals surface area contributed by atoms with Gasteiger partial charge in [0.15, 0.2) is 5.96 Å². The Morgan fingerprint density at radius 3 is 2.67 bits per heavy atom. The Morgan fingerprint density at radius 2 is 2.17 bits per heavy atom. The summed E-state index contributed by atoms with van der Waals surface area (Å²) in [5, 5.41) is 0. The van der Waals surface area contributed by atoms with Crippen LogP contribution in [0.1, 0.15) is 26.7 Å². The minimum atomic E-state index is 0.553. The molecule has 0 aromatic rings.